The summed E-state index contributed by atoms with van der Waals surface area (Å²) >= 11 is 0. The summed E-state index contributed by atoms with van der Waals surface area (Å²) < 4.78 is 12.3. The minimum Gasteiger partial charge on any atom is -0.448 e. The van der Waals surface area contributed by atoms with Crippen molar-refractivity contribution in [2.45, 2.75) is 46.8 Å². The van der Waals surface area contributed by atoms with Gasteiger partial charge in [-0.3, -0.25) is 4.79 Å². The molecule has 1 heterocycles. The molecule has 0 bridgehead atoms. The second-order valence-corrected chi connectivity index (χ2v) is 5.98. The second-order valence-electron chi connectivity index (χ2n) is 5.98. The fourth-order valence-corrected chi connectivity index (χ4v) is 2.46. The second kappa shape index (κ2) is 10.4. The Hall–Kier alpha value is -2.59. The number of amides is 1. The highest BCUT2D eigenvalue weighted by molar-refractivity contribution is 5.99. The van der Waals surface area contributed by atoms with Gasteiger partial charge in [-0.05, 0) is 44.9 Å². The molecular formula is C19H27N3O4. The molecule has 0 aromatic carbocycles. The first kappa shape index (κ1) is 21.5. The summed E-state index contributed by atoms with van der Waals surface area (Å²) in [4.78, 5) is 24.0. The van der Waals surface area contributed by atoms with Gasteiger partial charge in [0.05, 0.1) is 6.61 Å². The van der Waals surface area contributed by atoms with Crippen LogP contribution in [-0.2, 0) is 25.6 Å². The molecule has 1 aromatic rings. The Morgan fingerprint density at radius 1 is 1.42 bits per heavy atom. The fourth-order valence-electron chi connectivity index (χ4n) is 2.46. The minimum atomic E-state index is -0.958. The number of nitrogens with zero attached hydrogens (tertiary/aromatic N) is 2. The van der Waals surface area contributed by atoms with E-state index in [0.717, 1.165) is 23.4 Å². The van der Waals surface area contributed by atoms with Crippen LogP contribution in [0.2, 0.25) is 0 Å². The standard InChI is InChI=1S/C19H27N3O4/c1-6-7-21-18(23)15(4)26-19(24)17(12-20)11-16-10-13(2)22(14(16)3)8-9-25-5/h10-11,15H,6-9H2,1-5H3,(H,21,23)/b17-11+. The molecule has 1 atom stereocenters. The van der Waals surface area contributed by atoms with Crippen LogP contribution in [0, 0.1) is 25.2 Å². The number of carbonyl (C=O) groups excluding carboxylic acids is 2. The molecule has 7 nitrogen and oxygen atoms in total. The molecule has 142 valence electrons. The predicted molar refractivity (Wildman–Crippen MR) is 98.2 cm³/mol. The molecule has 0 saturated heterocycles. The van der Waals surface area contributed by atoms with E-state index in [1.807, 2.05) is 32.9 Å². The highest BCUT2D eigenvalue weighted by Gasteiger charge is 2.20. The number of aromatic nitrogens is 1. The number of aryl methyl sites for hydroxylation is 1. The van der Waals surface area contributed by atoms with Gasteiger partial charge >= 0.3 is 5.97 Å². The van der Waals surface area contributed by atoms with E-state index in [4.69, 9.17) is 9.47 Å². The lowest BCUT2D eigenvalue weighted by molar-refractivity contribution is -0.150. The van der Waals surface area contributed by atoms with Crippen molar-refractivity contribution in [2.24, 2.45) is 0 Å². The van der Waals surface area contributed by atoms with Crippen molar-refractivity contribution in [1.29, 1.82) is 5.26 Å². The average Bonchev–Trinajstić information content (AvgIpc) is 2.88. The van der Waals surface area contributed by atoms with Crippen molar-refractivity contribution < 1.29 is 19.1 Å². The Kier molecular flexibility index (Phi) is 8.59. The van der Waals surface area contributed by atoms with Crippen LogP contribution in [0.3, 0.4) is 0 Å². The van der Waals surface area contributed by atoms with E-state index < -0.39 is 12.1 Å². The molecule has 1 aromatic heterocycles. The monoisotopic (exact) mass is 361 g/mol. The highest BCUT2D eigenvalue weighted by Crippen LogP contribution is 2.19. The highest BCUT2D eigenvalue weighted by atomic mass is 16.5. The van der Waals surface area contributed by atoms with Gasteiger partial charge in [0.1, 0.15) is 11.6 Å². The zero-order chi connectivity index (χ0) is 19.7. The van der Waals surface area contributed by atoms with Crippen molar-refractivity contribution >= 4 is 18.0 Å². The van der Waals surface area contributed by atoms with Gasteiger partial charge in [-0.2, -0.15) is 5.26 Å². The van der Waals surface area contributed by atoms with Crippen molar-refractivity contribution in [3.05, 3.63) is 28.6 Å². The van der Waals surface area contributed by atoms with Crippen LogP contribution in [0.15, 0.2) is 11.6 Å². The smallest absolute Gasteiger partial charge is 0.349 e. The molecule has 1 N–H and O–H groups in total. The molecular weight excluding hydrogens is 334 g/mol. The Labute approximate surface area is 154 Å². The zero-order valence-electron chi connectivity index (χ0n) is 16.1. The number of nitriles is 1. The largest absolute Gasteiger partial charge is 0.448 e. The normalized spacial score (nSPS) is 12.4. The molecule has 0 radical (unpaired) electrons. The van der Waals surface area contributed by atoms with Crippen LogP contribution >= 0.6 is 0 Å². The van der Waals surface area contributed by atoms with Gasteiger partial charge in [0.25, 0.3) is 5.91 Å². The van der Waals surface area contributed by atoms with Crippen LogP contribution in [0.5, 0.6) is 0 Å². The van der Waals surface area contributed by atoms with Crippen molar-refractivity contribution in [3.63, 3.8) is 0 Å². The van der Waals surface area contributed by atoms with Gasteiger partial charge in [-0.1, -0.05) is 6.92 Å². The number of esters is 1. The third kappa shape index (κ3) is 5.74. The van der Waals surface area contributed by atoms with Gasteiger partial charge < -0.3 is 19.4 Å². The van der Waals surface area contributed by atoms with E-state index in [1.165, 1.54) is 13.0 Å². The Morgan fingerprint density at radius 2 is 2.12 bits per heavy atom. The van der Waals surface area contributed by atoms with E-state index in [2.05, 4.69) is 9.88 Å². The molecule has 0 spiro atoms. The summed E-state index contributed by atoms with van der Waals surface area (Å²) in [5, 5.41) is 12.0. The number of methoxy groups -OCH3 is 1. The van der Waals surface area contributed by atoms with Gasteiger partial charge in [0.15, 0.2) is 6.10 Å². The molecule has 0 fully saturated rings. The van der Waals surface area contributed by atoms with E-state index >= 15 is 0 Å². The van der Waals surface area contributed by atoms with Gasteiger partial charge in [-0.25, -0.2) is 4.79 Å². The van der Waals surface area contributed by atoms with Crippen molar-refractivity contribution in [3.8, 4) is 6.07 Å². The SMILES string of the molecule is CCCNC(=O)C(C)OC(=O)/C(C#N)=C/c1cc(C)n(CCOC)c1C. The first-order valence-electron chi connectivity index (χ1n) is 8.61. The zero-order valence-corrected chi connectivity index (χ0v) is 16.1. The number of nitrogens with one attached hydrogen (secondary N) is 1. The molecule has 26 heavy (non-hydrogen) atoms. The van der Waals surface area contributed by atoms with E-state index in [-0.39, 0.29) is 11.5 Å². The average molecular weight is 361 g/mol. The van der Waals surface area contributed by atoms with Crippen molar-refractivity contribution in [1.82, 2.24) is 9.88 Å². The third-order valence-corrected chi connectivity index (χ3v) is 3.97. The quantitative estimate of drug-likeness (QED) is 0.413. The number of hydrogen-bond donors (Lipinski definition) is 1. The van der Waals surface area contributed by atoms with Gasteiger partial charge in [0.2, 0.25) is 0 Å². The lowest BCUT2D eigenvalue weighted by Gasteiger charge is -2.12. The number of carbonyl (C=O) groups is 2. The Balaban J connectivity index is 2.92. The number of ether oxygens (including phenoxy) is 2. The molecule has 0 saturated carbocycles. The molecule has 0 aliphatic rings. The fraction of sp³-hybridized carbons (Fsp3) is 0.526. The molecule has 1 rings (SSSR count). The van der Waals surface area contributed by atoms with E-state index in [0.29, 0.717) is 19.7 Å². The molecule has 1 amide bonds. The van der Waals surface area contributed by atoms with E-state index in [1.54, 1.807) is 7.11 Å². The predicted octanol–water partition coefficient (Wildman–Crippen LogP) is 2.12. The maximum atomic E-state index is 12.2. The lowest BCUT2D eigenvalue weighted by atomic mass is 10.1. The first-order chi connectivity index (χ1) is 12.3. The lowest BCUT2D eigenvalue weighted by Crippen LogP contribution is -2.36. The molecule has 0 aliphatic heterocycles. The summed E-state index contributed by atoms with van der Waals surface area (Å²) in [7, 11) is 1.64. The van der Waals surface area contributed by atoms with Crippen LogP contribution < -0.4 is 5.32 Å². The van der Waals surface area contributed by atoms with Crippen LogP contribution in [0.4, 0.5) is 0 Å². The minimum absolute atomic E-state index is 0.146. The third-order valence-electron chi connectivity index (χ3n) is 3.97. The maximum absolute atomic E-state index is 12.2. The first-order valence-corrected chi connectivity index (χ1v) is 8.61. The van der Waals surface area contributed by atoms with Gasteiger partial charge in [-0.15, -0.1) is 0 Å². The number of hydrogen-bond acceptors (Lipinski definition) is 5. The molecule has 0 aliphatic carbocycles. The van der Waals surface area contributed by atoms with E-state index in [9.17, 15) is 14.9 Å². The summed E-state index contributed by atoms with van der Waals surface area (Å²) in [6.07, 6.45) is 1.32. The van der Waals surface area contributed by atoms with Crippen LogP contribution in [-0.4, -0.2) is 42.8 Å². The van der Waals surface area contributed by atoms with Gasteiger partial charge in [0, 0.05) is 31.6 Å². The van der Waals surface area contributed by atoms with Crippen LogP contribution in [0.1, 0.15) is 37.2 Å². The summed E-state index contributed by atoms with van der Waals surface area (Å²) in [6, 6.07) is 3.75. The molecule has 7 heteroatoms. The summed E-state index contributed by atoms with van der Waals surface area (Å²) in [6.45, 7) is 9.03. The number of rotatable bonds is 9. The molecule has 1 unspecified atom stereocenters. The summed E-state index contributed by atoms with van der Waals surface area (Å²) in [5.74, 6) is -1.19. The van der Waals surface area contributed by atoms with Crippen molar-refractivity contribution in [2.75, 3.05) is 20.3 Å². The van der Waals surface area contributed by atoms with Crippen LogP contribution in [0.25, 0.3) is 6.08 Å². The summed E-state index contributed by atoms with van der Waals surface area (Å²) in [5.41, 5.74) is 2.54. The maximum Gasteiger partial charge on any atom is 0.349 e. The Bertz CT molecular complexity index is 713. The topological polar surface area (TPSA) is 93.4 Å². The Morgan fingerprint density at radius 3 is 2.69 bits per heavy atom.